The maximum atomic E-state index is 9.76. The van der Waals surface area contributed by atoms with Crippen molar-refractivity contribution in [3.8, 4) is 5.75 Å². The Bertz CT molecular complexity index is 348. The minimum atomic E-state index is -0.0961. The molecule has 0 saturated heterocycles. The molecule has 2 nitrogen and oxygen atoms in total. The third-order valence-corrected chi connectivity index (χ3v) is 2.87. The second-order valence-corrected chi connectivity index (χ2v) is 4.59. The summed E-state index contributed by atoms with van der Waals surface area (Å²) in [4.78, 5) is 0. The average molecular weight is 229 g/mol. The first-order valence-corrected chi connectivity index (χ1v) is 5.48. The van der Waals surface area contributed by atoms with Crippen LogP contribution in [0.1, 0.15) is 43.7 Å². The second kappa shape index (κ2) is 4.86. The van der Waals surface area contributed by atoms with Gasteiger partial charge in [-0.3, -0.25) is 0 Å². The van der Waals surface area contributed by atoms with Crippen LogP contribution >= 0.6 is 11.6 Å². The molecule has 3 heteroatoms. The van der Waals surface area contributed by atoms with E-state index >= 15 is 0 Å². The summed E-state index contributed by atoms with van der Waals surface area (Å²) >= 11 is 5.93. The first-order valence-electron chi connectivity index (χ1n) is 5.10. The maximum Gasteiger partial charge on any atom is 0.137 e. The highest BCUT2D eigenvalue weighted by Gasteiger charge is 2.15. The molecule has 2 N–H and O–H groups in total. The molecule has 1 aromatic carbocycles. The Morgan fingerprint density at radius 2 is 1.87 bits per heavy atom. The van der Waals surface area contributed by atoms with Gasteiger partial charge < -0.3 is 10.2 Å². The number of benzene rings is 1. The van der Waals surface area contributed by atoms with E-state index in [1.165, 1.54) is 0 Å². The summed E-state index contributed by atoms with van der Waals surface area (Å²) in [7, 11) is 0. The van der Waals surface area contributed by atoms with Crippen LogP contribution in [0.3, 0.4) is 0 Å². The van der Waals surface area contributed by atoms with Crippen molar-refractivity contribution < 1.29 is 10.2 Å². The van der Waals surface area contributed by atoms with Gasteiger partial charge in [0.25, 0.3) is 0 Å². The Morgan fingerprint density at radius 1 is 1.27 bits per heavy atom. The lowest BCUT2D eigenvalue weighted by Gasteiger charge is -2.15. The molecule has 1 aromatic rings. The lowest BCUT2D eigenvalue weighted by atomic mass is 9.94. The molecule has 15 heavy (non-hydrogen) atoms. The predicted octanol–water partition coefficient (Wildman–Crippen LogP) is 3.26. The van der Waals surface area contributed by atoms with E-state index in [-0.39, 0.29) is 18.3 Å². The molecule has 0 radical (unpaired) electrons. The van der Waals surface area contributed by atoms with Crippen LogP contribution in [0.25, 0.3) is 0 Å². The first-order chi connectivity index (χ1) is 6.97. The molecule has 0 saturated carbocycles. The third kappa shape index (κ3) is 2.64. The number of aliphatic hydroxyl groups is 1. The molecule has 0 bridgehead atoms. The van der Waals surface area contributed by atoms with E-state index < -0.39 is 0 Å². The van der Waals surface area contributed by atoms with Crippen molar-refractivity contribution in [2.75, 3.05) is 6.61 Å². The molecule has 84 valence electrons. The third-order valence-electron chi connectivity index (χ3n) is 2.59. The Labute approximate surface area is 95.5 Å². The Balaban J connectivity index is 3.25. The minimum absolute atomic E-state index is 0.00539. The van der Waals surface area contributed by atoms with E-state index in [4.69, 9.17) is 16.7 Å². The Hall–Kier alpha value is -0.730. The van der Waals surface area contributed by atoms with Gasteiger partial charge in [0.2, 0.25) is 0 Å². The van der Waals surface area contributed by atoms with Gasteiger partial charge >= 0.3 is 0 Å². The summed E-state index contributed by atoms with van der Waals surface area (Å²) in [6.07, 6.45) is 0. The van der Waals surface area contributed by atoms with E-state index in [2.05, 4.69) is 13.8 Å². The topological polar surface area (TPSA) is 40.5 Å². The largest absolute Gasteiger partial charge is 0.506 e. The summed E-state index contributed by atoms with van der Waals surface area (Å²) in [6.45, 7) is 5.99. The zero-order chi connectivity index (χ0) is 11.6. The van der Waals surface area contributed by atoms with E-state index in [0.717, 1.165) is 5.56 Å². The minimum Gasteiger partial charge on any atom is -0.506 e. The number of hydrogen-bond acceptors (Lipinski definition) is 2. The van der Waals surface area contributed by atoms with Gasteiger partial charge in [-0.25, -0.2) is 0 Å². The molecule has 0 spiro atoms. The number of hydrogen-bond donors (Lipinski definition) is 2. The van der Waals surface area contributed by atoms with Gasteiger partial charge in [-0.2, -0.15) is 0 Å². The van der Waals surface area contributed by atoms with Gasteiger partial charge in [-0.1, -0.05) is 38.4 Å². The van der Waals surface area contributed by atoms with Crippen LogP contribution in [-0.4, -0.2) is 16.8 Å². The Morgan fingerprint density at radius 3 is 2.33 bits per heavy atom. The molecule has 1 unspecified atom stereocenters. The fourth-order valence-corrected chi connectivity index (χ4v) is 1.68. The van der Waals surface area contributed by atoms with Crippen molar-refractivity contribution in [3.05, 3.63) is 28.3 Å². The highest BCUT2D eigenvalue weighted by molar-refractivity contribution is 6.32. The first kappa shape index (κ1) is 12.3. The smallest absolute Gasteiger partial charge is 0.137 e. The van der Waals surface area contributed by atoms with Gasteiger partial charge in [-0.05, 0) is 17.5 Å². The number of aromatic hydroxyl groups is 1. The van der Waals surface area contributed by atoms with E-state index in [0.29, 0.717) is 16.5 Å². The van der Waals surface area contributed by atoms with E-state index in [9.17, 15) is 5.11 Å². The van der Waals surface area contributed by atoms with Crippen LogP contribution in [0.15, 0.2) is 12.1 Å². The molecule has 0 aliphatic rings. The fraction of sp³-hybridized carbons (Fsp3) is 0.500. The van der Waals surface area contributed by atoms with Crippen molar-refractivity contribution in [2.45, 2.75) is 32.6 Å². The molecule has 0 amide bonds. The SMILES string of the molecule is CC(C)c1cc(Cl)c(O)c(C(C)CO)c1. The van der Waals surface area contributed by atoms with Crippen LogP contribution < -0.4 is 0 Å². The standard InChI is InChI=1S/C12H17ClO2/c1-7(2)9-4-10(8(3)6-14)12(15)11(13)5-9/h4-5,7-8,14-15H,6H2,1-3H3. The number of phenols is 1. The molecule has 0 aromatic heterocycles. The van der Waals surface area contributed by atoms with Gasteiger partial charge in [0, 0.05) is 18.1 Å². The van der Waals surface area contributed by atoms with Crippen molar-refractivity contribution >= 4 is 11.6 Å². The molecular formula is C12H17ClO2. The summed E-state index contributed by atoms with van der Waals surface area (Å²) in [5.74, 6) is 0.344. The van der Waals surface area contributed by atoms with Crippen LogP contribution in [0.5, 0.6) is 5.75 Å². The van der Waals surface area contributed by atoms with Crippen molar-refractivity contribution in [3.63, 3.8) is 0 Å². The molecule has 0 fully saturated rings. The lowest BCUT2D eigenvalue weighted by Crippen LogP contribution is -2.01. The fourth-order valence-electron chi connectivity index (χ4n) is 1.45. The molecular weight excluding hydrogens is 212 g/mol. The number of rotatable bonds is 3. The average Bonchev–Trinajstić information content (AvgIpc) is 2.20. The summed E-state index contributed by atoms with van der Waals surface area (Å²) in [5, 5.41) is 19.2. The van der Waals surface area contributed by atoms with Crippen LogP contribution in [0.2, 0.25) is 5.02 Å². The van der Waals surface area contributed by atoms with Crippen molar-refractivity contribution in [1.29, 1.82) is 0 Å². The predicted molar refractivity (Wildman–Crippen MR) is 62.7 cm³/mol. The summed E-state index contributed by atoms with van der Waals surface area (Å²) < 4.78 is 0. The highest BCUT2D eigenvalue weighted by atomic mass is 35.5. The van der Waals surface area contributed by atoms with E-state index in [1.54, 1.807) is 6.07 Å². The summed E-state index contributed by atoms with van der Waals surface area (Å²) in [6, 6.07) is 3.68. The van der Waals surface area contributed by atoms with Gasteiger partial charge in [0.05, 0.1) is 5.02 Å². The highest BCUT2D eigenvalue weighted by Crippen LogP contribution is 2.35. The number of phenolic OH excluding ortho intramolecular Hbond substituents is 1. The van der Waals surface area contributed by atoms with Crippen molar-refractivity contribution in [2.24, 2.45) is 0 Å². The van der Waals surface area contributed by atoms with Crippen LogP contribution in [-0.2, 0) is 0 Å². The number of halogens is 1. The molecule has 0 heterocycles. The second-order valence-electron chi connectivity index (χ2n) is 4.18. The van der Waals surface area contributed by atoms with Gasteiger partial charge in [0.1, 0.15) is 5.75 Å². The van der Waals surface area contributed by atoms with E-state index in [1.807, 2.05) is 13.0 Å². The monoisotopic (exact) mass is 228 g/mol. The lowest BCUT2D eigenvalue weighted by molar-refractivity contribution is 0.270. The summed E-state index contributed by atoms with van der Waals surface area (Å²) in [5.41, 5.74) is 1.79. The van der Waals surface area contributed by atoms with Crippen LogP contribution in [0.4, 0.5) is 0 Å². The zero-order valence-electron chi connectivity index (χ0n) is 9.29. The molecule has 0 aliphatic heterocycles. The Kier molecular flexibility index (Phi) is 4.00. The number of aliphatic hydroxyl groups excluding tert-OH is 1. The maximum absolute atomic E-state index is 9.76. The molecule has 1 atom stereocenters. The quantitative estimate of drug-likeness (QED) is 0.834. The normalized spacial score (nSPS) is 13.2. The zero-order valence-corrected chi connectivity index (χ0v) is 10.0. The van der Waals surface area contributed by atoms with Gasteiger partial charge in [-0.15, -0.1) is 0 Å². The molecule has 1 rings (SSSR count). The molecule has 0 aliphatic carbocycles. The van der Waals surface area contributed by atoms with Gasteiger partial charge in [0.15, 0.2) is 0 Å². The van der Waals surface area contributed by atoms with Crippen molar-refractivity contribution in [1.82, 2.24) is 0 Å². The van der Waals surface area contributed by atoms with Crippen LogP contribution in [0, 0.1) is 0 Å².